The molecule has 2 aromatic carbocycles. The van der Waals surface area contributed by atoms with E-state index in [0.717, 1.165) is 5.56 Å². The molecule has 0 aliphatic carbocycles. The van der Waals surface area contributed by atoms with Crippen LogP contribution >= 0.6 is 11.6 Å². The van der Waals surface area contributed by atoms with E-state index in [4.69, 9.17) is 16.3 Å². The van der Waals surface area contributed by atoms with Crippen molar-refractivity contribution >= 4 is 17.7 Å². The zero-order valence-electron chi connectivity index (χ0n) is 15.1. The maximum Gasteiger partial charge on any atom is 0.272 e. The van der Waals surface area contributed by atoms with Crippen molar-refractivity contribution in [3.8, 4) is 17.0 Å². The van der Waals surface area contributed by atoms with E-state index in [1.54, 1.807) is 24.3 Å². The molecule has 0 bridgehead atoms. The second-order valence-corrected chi connectivity index (χ2v) is 6.44. The van der Waals surface area contributed by atoms with Crippen molar-refractivity contribution in [1.82, 2.24) is 9.78 Å². The Morgan fingerprint density at radius 1 is 1.21 bits per heavy atom. The molecule has 144 valence electrons. The summed E-state index contributed by atoms with van der Waals surface area (Å²) in [5.74, 6) is -0.418. The molecule has 0 amide bonds. The third kappa shape index (κ3) is 4.47. The molecule has 28 heavy (non-hydrogen) atoms. The number of ether oxygens (including phenoxy) is 1. The van der Waals surface area contributed by atoms with Gasteiger partial charge in [0.05, 0.1) is 26.0 Å². The third-order valence-corrected chi connectivity index (χ3v) is 4.38. The highest BCUT2D eigenvalue weighted by Gasteiger charge is 2.11. The number of allylic oxidation sites excluding steroid dienone is 1. The van der Waals surface area contributed by atoms with Gasteiger partial charge in [0.25, 0.3) is 5.56 Å². The summed E-state index contributed by atoms with van der Waals surface area (Å²) in [4.78, 5) is 12.4. The van der Waals surface area contributed by atoms with Gasteiger partial charge in [-0.05, 0) is 42.0 Å². The fourth-order valence-electron chi connectivity index (χ4n) is 2.66. The van der Waals surface area contributed by atoms with Crippen LogP contribution in [0.25, 0.3) is 17.3 Å². The highest BCUT2D eigenvalue weighted by atomic mass is 35.5. The minimum atomic E-state index is -0.535. The topological polar surface area (TPSA) is 64.3 Å². The van der Waals surface area contributed by atoms with Crippen LogP contribution in [-0.4, -0.2) is 22.0 Å². The average Bonchev–Trinajstić information content (AvgIpc) is 2.70. The van der Waals surface area contributed by atoms with Crippen LogP contribution in [0.1, 0.15) is 11.1 Å². The lowest BCUT2D eigenvalue weighted by Gasteiger charge is -2.09. The Bertz CT molecular complexity index is 1060. The van der Waals surface area contributed by atoms with Gasteiger partial charge in [0.15, 0.2) is 11.6 Å². The summed E-state index contributed by atoms with van der Waals surface area (Å²) in [5.41, 5.74) is 1.56. The molecule has 3 aromatic rings. The molecule has 0 saturated heterocycles. The van der Waals surface area contributed by atoms with Gasteiger partial charge in [0.1, 0.15) is 0 Å². The molecule has 1 heterocycles. The van der Waals surface area contributed by atoms with E-state index < -0.39 is 18.0 Å². The average molecular weight is 401 g/mol. The largest absolute Gasteiger partial charge is 0.494 e. The summed E-state index contributed by atoms with van der Waals surface area (Å²) < 4.78 is 20.2. The van der Waals surface area contributed by atoms with Crippen molar-refractivity contribution < 1.29 is 14.2 Å². The molecule has 5 nitrogen and oxygen atoms in total. The van der Waals surface area contributed by atoms with Crippen LogP contribution in [0.15, 0.2) is 59.4 Å². The predicted octanol–water partition coefficient (Wildman–Crippen LogP) is 3.92. The Labute approximate surface area is 166 Å². The molecule has 0 fully saturated rings. The molecule has 3 rings (SSSR count). The molecule has 0 unspecified atom stereocenters. The number of aliphatic hydroxyl groups is 1. The highest BCUT2D eigenvalue weighted by Crippen LogP contribution is 2.24. The van der Waals surface area contributed by atoms with Crippen molar-refractivity contribution in [2.75, 3.05) is 7.11 Å². The Morgan fingerprint density at radius 3 is 2.61 bits per heavy atom. The van der Waals surface area contributed by atoms with Crippen LogP contribution in [0.5, 0.6) is 5.75 Å². The first-order valence-corrected chi connectivity index (χ1v) is 8.87. The summed E-state index contributed by atoms with van der Waals surface area (Å²) in [6.07, 6.45) is 3.61. The maximum atomic E-state index is 14.0. The van der Waals surface area contributed by atoms with Gasteiger partial charge in [-0.1, -0.05) is 35.9 Å². The number of benzene rings is 2. The van der Waals surface area contributed by atoms with Gasteiger partial charge < -0.3 is 9.84 Å². The van der Waals surface area contributed by atoms with Gasteiger partial charge in [-0.3, -0.25) is 4.79 Å². The lowest BCUT2D eigenvalue weighted by atomic mass is 10.1. The molecule has 0 atom stereocenters. The monoisotopic (exact) mass is 400 g/mol. The number of methoxy groups -OCH3 is 1. The molecule has 0 saturated carbocycles. The van der Waals surface area contributed by atoms with Crippen molar-refractivity contribution in [2.24, 2.45) is 0 Å². The van der Waals surface area contributed by atoms with Crippen molar-refractivity contribution in [2.45, 2.75) is 13.2 Å². The maximum absolute atomic E-state index is 14.0. The van der Waals surface area contributed by atoms with E-state index in [-0.39, 0.29) is 17.9 Å². The van der Waals surface area contributed by atoms with E-state index in [1.165, 1.54) is 30.0 Å². The predicted molar refractivity (Wildman–Crippen MR) is 107 cm³/mol. The Kier molecular flexibility index (Phi) is 6.23. The molecule has 0 radical (unpaired) electrons. The number of aromatic nitrogens is 2. The molecule has 1 aromatic heterocycles. The van der Waals surface area contributed by atoms with Gasteiger partial charge in [-0.2, -0.15) is 5.10 Å². The molecule has 1 N–H and O–H groups in total. The fraction of sp³-hybridized carbons (Fsp3) is 0.143. The molecule has 7 heteroatoms. The zero-order chi connectivity index (χ0) is 20.1. The van der Waals surface area contributed by atoms with Crippen LogP contribution in [0.4, 0.5) is 4.39 Å². The van der Waals surface area contributed by atoms with E-state index >= 15 is 0 Å². The van der Waals surface area contributed by atoms with Crippen LogP contribution in [0.3, 0.4) is 0 Å². The van der Waals surface area contributed by atoms with Crippen molar-refractivity contribution in [3.63, 3.8) is 0 Å². The first kappa shape index (κ1) is 19.8. The van der Waals surface area contributed by atoms with Gasteiger partial charge >= 0.3 is 0 Å². The minimum absolute atomic E-state index is 0.116. The lowest BCUT2D eigenvalue weighted by molar-refractivity contribution is 0.278. The standard InChI is InChI=1S/C21H18ClFN2O3/c1-28-20-9-6-15(11-18(20)23)19-12-16(13-26)21(27)25(24-19)10-2-3-14-4-7-17(22)8-5-14/h2-9,11-12,26H,10,13H2,1H3. The van der Waals surface area contributed by atoms with Crippen molar-refractivity contribution in [3.05, 3.63) is 86.9 Å². The Morgan fingerprint density at radius 2 is 1.96 bits per heavy atom. The van der Waals surface area contributed by atoms with Crippen LogP contribution in [0.2, 0.25) is 5.02 Å². The molecular weight excluding hydrogens is 383 g/mol. The van der Waals surface area contributed by atoms with E-state index in [9.17, 15) is 14.3 Å². The summed E-state index contributed by atoms with van der Waals surface area (Å²) in [6, 6.07) is 13.1. The van der Waals surface area contributed by atoms with E-state index in [2.05, 4.69) is 5.10 Å². The van der Waals surface area contributed by atoms with Crippen LogP contribution in [0, 0.1) is 5.82 Å². The minimum Gasteiger partial charge on any atom is -0.494 e. The summed E-state index contributed by atoms with van der Waals surface area (Å²) in [7, 11) is 1.38. The van der Waals surface area contributed by atoms with Gasteiger partial charge in [-0.25, -0.2) is 9.07 Å². The fourth-order valence-corrected chi connectivity index (χ4v) is 2.79. The second kappa shape index (κ2) is 8.82. The number of rotatable bonds is 6. The number of nitrogens with zero attached hydrogens (tertiary/aromatic N) is 2. The van der Waals surface area contributed by atoms with Crippen LogP contribution in [-0.2, 0) is 13.2 Å². The number of hydrogen-bond acceptors (Lipinski definition) is 4. The number of hydrogen-bond donors (Lipinski definition) is 1. The third-order valence-electron chi connectivity index (χ3n) is 4.13. The zero-order valence-corrected chi connectivity index (χ0v) is 15.9. The van der Waals surface area contributed by atoms with E-state index in [0.29, 0.717) is 16.3 Å². The number of aliphatic hydroxyl groups excluding tert-OH is 1. The first-order chi connectivity index (χ1) is 13.5. The lowest BCUT2D eigenvalue weighted by Crippen LogP contribution is -2.26. The normalized spacial score (nSPS) is 11.1. The van der Waals surface area contributed by atoms with Crippen molar-refractivity contribution in [1.29, 1.82) is 0 Å². The molecular formula is C21H18ClFN2O3. The van der Waals surface area contributed by atoms with Gasteiger partial charge in [0, 0.05) is 16.1 Å². The molecule has 0 aliphatic heterocycles. The first-order valence-electron chi connectivity index (χ1n) is 8.49. The summed E-state index contributed by atoms with van der Waals surface area (Å²) in [6.45, 7) is -0.241. The number of halogens is 2. The Balaban J connectivity index is 1.93. The smallest absolute Gasteiger partial charge is 0.272 e. The molecule has 0 aliphatic rings. The van der Waals surface area contributed by atoms with Crippen LogP contribution < -0.4 is 10.3 Å². The Hall–Kier alpha value is -2.96. The molecule has 0 spiro atoms. The quantitative estimate of drug-likeness (QED) is 0.681. The van der Waals surface area contributed by atoms with Gasteiger partial charge in [-0.15, -0.1) is 0 Å². The summed E-state index contributed by atoms with van der Waals surface area (Å²) >= 11 is 5.86. The van der Waals surface area contributed by atoms with Gasteiger partial charge in [0.2, 0.25) is 0 Å². The summed E-state index contributed by atoms with van der Waals surface area (Å²) in [5, 5.41) is 14.5. The van der Waals surface area contributed by atoms with E-state index in [1.807, 2.05) is 18.2 Å². The second-order valence-electron chi connectivity index (χ2n) is 6.00. The SMILES string of the molecule is COc1ccc(-c2cc(CO)c(=O)n(CC=Cc3ccc(Cl)cc3)n2)cc1F. The highest BCUT2D eigenvalue weighted by molar-refractivity contribution is 6.30.